The van der Waals surface area contributed by atoms with Gasteiger partial charge in [0.15, 0.2) is 0 Å². The van der Waals surface area contributed by atoms with Crippen molar-refractivity contribution in [2.75, 3.05) is 26.3 Å². The molecule has 0 aromatic carbocycles. The number of rotatable bonds is 22. The van der Waals surface area contributed by atoms with Gasteiger partial charge in [-0.05, 0) is 25.7 Å². The number of ether oxygens (including phenoxy) is 2. The first-order valence-corrected chi connectivity index (χ1v) is 14.5. The molecule has 226 valence electrons. The van der Waals surface area contributed by atoms with Crippen molar-refractivity contribution in [3.05, 3.63) is 0 Å². The lowest BCUT2D eigenvalue weighted by molar-refractivity contribution is -0.147. The van der Waals surface area contributed by atoms with Crippen molar-refractivity contribution in [3.63, 3.8) is 0 Å². The van der Waals surface area contributed by atoms with E-state index >= 15 is 0 Å². The zero-order valence-electron chi connectivity index (χ0n) is 23.9. The van der Waals surface area contributed by atoms with Gasteiger partial charge in [-0.15, -0.1) is 0 Å². The number of carbonyl (C=O) groups excluding carboxylic acids is 5. The minimum absolute atomic E-state index is 0.00786. The number of imide groups is 2. The Morgan fingerprint density at radius 1 is 0.564 bits per heavy atom. The Labute approximate surface area is 233 Å². The van der Waals surface area contributed by atoms with Gasteiger partial charge in [-0.3, -0.25) is 20.2 Å². The first kappa shape index (κ1) is 36.1. The van der Waals surface area contributed by atoms with E-state index in [1.54, 1.807) is 0 Å². The largest absolute Gasteiger partial charge is 0.464 e. The number of hydrogen-bond donors (Lipinski definition) is 5. The number of nitrogens with one attached hydrogen (secondary N) is 4. The number of amides is 6. The number of unbranched alkanes of at least 4 members (excludes halogenated alkanes) is 10. The Morgan fingerprint density at radius 2 is 1.00 bits per heavy atom. The summed E-state index contributed by atoms with van der Waals surface area (Å²) in [6.45, 7) is 4.95. The molecule has 0 heterocycles. The number of hydrogen-bond acceptors (Lipinski definition) is 8. The lowest BCUT2D eigenvalue weighted by Crippen LogP contribution is -2.49. The molecule has 12 nitrogen and oxygen atoms in total. The number of carbonyl (C=O) groups is 5. The summed E-state index contributed by atoms with van der Waals surface area (Å²) in [5, 5.41) is 9.30. The van der Waals surface area contributed by atoms with Gasteiger partial charge < -0.3 is 25.8 Å². The lowest BCUT2D eigenvalue weighted by atomic mass is 10.1. The van der Waals surface area contributed by atoms with Gasteiger partial charge in [-0.2, -0.15) is 0 Å². The van der Waals surface area contributed by atoms with Crippen LogP contribution in [0.15, 0.2) is 0 Å². The van der Waals surface area contributed by atoms with Crippen LogP contribution in [-0.2, 0) is 19.1 Å². The smallest absolute Gasteiger partial charge is 0.330 e. The summed E-state index contributed by atoms with van der Waals surface area (Å²) in [6.07, 6.45) is 13.2. The molecular formula is C27H51N5O7. The molecular weight excluding hydrogens is 506 g/mol. The summed E-state index contributed by atoms with van der Waals surface area (Å²) in [7, 11) is 0. The first-order valence-electron chi connectivity index (χ1n) is 14.5. The molecule has 39 heavy (non-hydrogen) atoms. The molecule has 0 spiro atoms. The lowest BCUT2D eigenvalue weighted by Gasteiger charge is -2.12. The van der Waals surface area contributed by atoms with Crippen LogP contribution in [0.2, 0.25) is 0 Å². The van der Waals surface area contributed by atoms with Crippen LogP contribution in [-0.4, -0.2) is 62.4 Å². The second-order valence-corrected chi connectivity index (χ2v) is 9.61. The fourth-order valence-corrected chi connectivity index (χ4v) is 3.53. The number of urea groups is 3. The van der Waals surface area contributed by atoms with E-state index in [9.17, 15) is 24.0 Å². The van der Waals surface area contributed by atoms with E-state index in [-0.39, 0.29) is 31.6 Å². The number of nitrogens with two attached hydrogens (primary N) is 1. The van der Waals surface area contributed by atoms with Crippen LogP contribution < -0.4 is 27.0 Å². The maximum absolute atomic E-state index is 11.8. The molecule has 6 amide bonds. The van der Waals surface area contributed by atoms with Crippen LogP contribution in [0.5, 0.6) is 0 Å². The molecule has 0 aliphatic heterocycles. The fraction of sp³-hybridized carbons (Fsp3) is 0.815. The van der Waals surface area contributed by atoms with Crippen LogP contribution >= 0.6 is 0 Å². The van der Waals surface area contributed by atoms with Gasteiger partial charge in [0, 0.05) is 25.9 Å². The summed E-state index contributed by atoms with van der Waals surface area (Å²) >= 11 is 0. The highest BCUT2D eigenvalue weighted by atomic mass is 16.5. The van der Waals surface area contributed by atoms with Crippen LogP contribution in [0.3, 0.4) is 0 Å². The average molecular weight is 558 g/mol. The van der Waals surface area contributed by atoms with Crippen molar-refractivity contribution >= 4 is 30.0 Å². The van der Waals surface area contributed by atoms with Gasteiger partial charge in [0.05, 0.1) is 6.04 Å². The van der Waals surface area contributed by atoms with Crippen molar-refractivity contribution in [3.8, 4) is 0 Å². The van der Waals surface area contributed by atoms with Gasteiger partial charge in [0.1, 0.15) is 13.2 Å². The Hall–Kier alpha value is -2.89. The van der Waals surface area contributed by atoms with Gasteiger partial charge in [-0.25, -0.2) is 14.4 Å². The Morgan fingerprint density at radius 3 is 1.49 bits per heavy atom. The Kier molecular flexibility index (Phi) is 23.5. The molecule has 12 heteroatoms. The quantitative estimate of drug-likeness (QED) is 0.0978. The van der Waals surface area contributed by atoms with Gasteiger partial charge in [0.2, 0.25) is 0 Å². The average Bonchev–Trinajstić information content (AvgIpc) is 2.89. The van der Waals surface area contributed by atoms with E-state index in [4.69, 9.17) is 15.2 Å². The standard InChI is InChI=1S/C27H51N5O7/c1-3-5-6-7-8-11-14-18-29-25(35)31-27(37)32-26(36)30-19-15-12-9-10-13-17-24(34)39-21-22(28)20-38-23(33)16-4-2/h22H,3-21,28H2,1-2H3,(H4,29,30,31,32,35,36,37)/t22-/m0/s1. The van der Waals surface area contributed by atoms with Crippen molar-refractivity contribution in [2.24, 2.45) is 5.73 Å². The highest BCUT2D eigenvalue weighted by Gasteiger charge is 2.11. The third kappa shape index (κ3) is 25.2. The van der Waals surface area contributed by atoms with E-state index in [1.165, 1.54) is 25.7 Å². The van der Waals surface area contributed by atoms with Crippen LogP contribution in [0, 0.1) is 0 Å². The molecule has 0 bridgehead atoms. The molecule has 6 N–H and O–H groups in total. The summed E-state index contributed by atoms with van der Waals surface area (Å²) < 4.78 is 10.1. The molecule has 0 saturated heterocycles. The molecule has 0 fully saturated rings. The molecule has 0 saturated carbocycles. The van der Waals surface area contributed by atoms with Crippen molar-refractivity contribution in [2.45, 2.75) is 116 Å². The second kappa shape index (κ2) is 25.4. The predicted molar refractivity (Wildman–Crippen MR) is 149 cm³/mol. The molecule has 0 aliphatic carbocycles. The van der Waals surface area contributed by atoms with Crippen LogP contribution in [0.1, 0.15) is 110 Å². The summed E-state index contributed by atoms with van der Waals surface area (Å²) in [5.41, 5.74) is 5.77. The van der Waals surface area contributed by atoms with E-state index in [1.807, 2.05) is 6.92 Å². The Balaban J connectivity index is 3.61. The molecule has 0 unspecified atom stereocenters. The van der Waals surface area contributed by atoms with Gasteiger partial charge in [0.25, 0.3) is 0 Å². The molecule has 0 rings (SSSR count). The maximum Gasteiger partial charge on any atom is 0.330 e. The molecule has 0 radical (unpaired) electrons. The van der Waals surface area contributed by atoms with Crippen molar-refractivity contribution < 1.29 is 33.4 Å². The maximum atomic E-state index is 11.8. The second-order valence-electron chi connectivity index (χ2n) is 9.61. The van der Waals surface area contributed by atoms with Crippen molar-refractivity contribution in [1.29, 1.82) is 0 Å². The predicted octanol–water partition coefficient (Wildman–Crippen LogP) is 4.01. The third-order valence-corrected chi connectivity index (χ3v) is 5.73. The normalized spacial score (nSPS) is 11.3. The summed E-state index contributed by atoms with van der Waals surface area (Å²) in [6, 6.07) is -2.73. The van der Waals surface area contributed by atoms with E-state index in [0.717, 1.165) is 38.5 Å². The molecule has 0 aromatic heterocycles. The number of esters is 2. The van der Waals surface area contributed by atoms with Crippen LogP contribution in [0.25, 0.3) is 0 Å². The molecule has 1 atom stereocenters. The SMILES string of the molecule is CCCCCCCCCNC(=O)NC(=O)NC(=O)NCCCCCCCC(=O)OC[C@@H](N)COC(=O)CCC. The Bertz CT molecular complexity index is 706. The highest BCUT2D eigenvalue weighted by Crippen LogP contribution is 2.07. The summed E-state index contributed by atoms with van der Waals surface area (Å²) in [5.74, 6) is -0.650. The molecule has 0 aromatic rings. The minimum Gasteiger partial charge on any atom is -0.464 e. The van der Waals surface area contributed by atoms with Crippen molar-refractivity contribution in [1.82, 2.24) is 21.3 Å². The van der Waals surface area contributed by atoms with Crippen LogP contribution in [0.4, 0.5) is 14.4 Å². The van der Waals surface area contributed by atoms with Gasteiger partial charge in [-0.1, -0.05) is 71.6 Å². The topological polar surface area (TPSA) is 178 Å². The summed E-state index contributed by atoms with van der Waals surface area (Å²) in [4.78, 5) is 58.3. The van der Waals surface area contributed by atoms with E-state index in [2.05, 4.69) is 28.2 Å². The minimum atomic E-state index is -0.880. The first-order chi connectivity index (χ1) is 18.8. The zero-order chi connectivity index (χ0) is 29.1. The third-order valence-electron chi connectivity index (χ3n) is 5.73. The van der Waals surface area contributed by atoms with Gasteiger partial charge >= 0.3 is 30.0 Å². The zero-order valence-corrected chi connectivity index (χ0v) is 23.9. The highest BCUT2D eigenvalue weighted by molar-refractivity contribution is 6.01. The van der Waals surface area contributed by atoms with E-state index in [0.29, 0.717) is 38.8 Å². The fourth-order valence-electron chi connectivity index (χ4n) is 3.53. The van der Waals surface area contributed by atoms with E-state index < -0.39 is 24.1 Å². The molecule has 0 aliphatic rings. The monoisotopic (exact) mass is 557 g/mol.